The van der Waals surface area contributed by atoms with Crippen molar-refractivity contribution < 1.29 is 0 Å². The van der Waals surface area contributed by atoms with Crippen LogP contribution >= 0.6 is 11.3 Å². The molecule has 0 saturated carbocycles. The molecular formula is C12H16N4S. The van der Waals surface area contributed by atoms with Crippen LogP contribution < -0.4 is 5.32 Å². The molecule has 17 heavy (non-hydrogen) atoms. The first kappa shape index (κ1) is 12.0. The minimum atomic E-state index is 0.714. The summed E-state index contributed by atoms with van der Waals surface area (Å²) in [5.41, 5.74) is 2.08. The molecule has 0 saturated heterocycles. The number of nitrogens with one attached hydrogen (secondary N) is 1. The van der Waals surface area contributed by atoms with Gasteiger partial charge >= 0.3 is 0 Å². The second kappa shape index (κ2) is 4.79. The molecule has 0 atom stereocenters. The van der Waals surface area contributed by atoms with Crippen LogP contribution in [0.3, 0.4) is 0 Å². The van der Waals surface area contributed by atoms with Gasteiger partial charge in [0.05, 0.1) is 17.2 Å². The van der Waals surface area contributed by atoms with Crippen LogP contribution in [0.1, 0.15) is 27.1 Å². The van der Waals surface area contributed by atoms with Gasteiger partial charge in [-0.2, -0.15) is 0 Å². The summed E-state index contributed by atoms with van der Waals surface area (Å²) >= 11 is 1.73. The maximum absolute atomic E-state index is 4.48. The molecule has 0 spiro atoms. The number of hydrogen-bond donors (Lipinski definition) is 1. The zero-order valence-corrected chi connectivity index (χ0v) is 11.4. The van der Waals surface area contributed by atoms with E-state index in [0.717, 1.165) is 28.0 Å². The van der Waals surface area contributed by atoms with Crippen LogP contribution in [-0.4, -0.2) is 15.0 Å². The molecule has 2 heterocycles. The van der Waals surface area contributed by atoms with Crippen LogP contribution in [0, 0.1) is 27.7 Å². The first-order valence-corrected chi connectivity index (χ1v) is 6.35. The molecule has 2 aromatic rings. The maximum atomic E-state index is 4.48. The lowest BCUT2D eigenvalue weighted by molar-refractivity contribution is 0.973. The van der Waals surface area contributed by atoms with Crippen LogP contribution in [0.5, 0.6) is 0 Å². The molecule has 90 valence electrons. The van der Waals surface area contributed by atoms with E-state index in [1.54, 1.807) is 11.3 Å². The third kappa shape index (κ3) is 3.00. The summed E-state index contributed by atoms with van der Waals surface area (Å²) in [4.78, 5) is 14.3. The highest BCUT2D eigenvalue weighted by atomic mass is 32.1. The number of anilines is 1. The van der Waals surface area contributed by atoms with Crippen molar-refractivity contribution in [1.82, 2.24) is 15.0 Å². The maximum Gasteiger partial charge on any atom is 0.130 e. The molecule has 0 aromatic carbocycles. The normalized spacial score (nSPS) is 10.6. The van der Waals surface area contributed by atoms with E-state index in [1.165, 1.54) is 4.88 Å². The van der Waals surface area contributed by atoms with E-state index in [2.05, 4.69) is 27.2 Å². The monoisotopic (exact) mass is 248 g/mol. The zero-order valence-electron chi connectivity index (χ0n) is 10.5. The summed E-state index contributed by atoms with van der Waals surface area (Å²) in [5.74, 6) is 1.65. The Balaban J connectivity index is 2.09. The Morgan fingerprint density at radius 1 is 1.12 bits per heavy atom. The summed E-state index contributed by atoms with van der Waals surface area (Å²) < 4.78 is 0. The Hall–Kier alpha value is -1.49. The van der Waals surface area contributed by atoms with Gasteiger partial charge in [0.25, 0.3) is 0 Å². The lowest BCUT2D eigenvalue weighted by Crippen LogP contribution is -2.05. The van der Waals surface area contributed by atoms with Crippen molar-refractivity contribution in [1.29, 1.82) is 0 Å². The fraction of sp³-hybridized carbons (Fsp3) is 0.417. The molecule has 0 fully saturated rings. The number of nitrogens with zero attached hydrogens (tertiary/aromatic N) is 3. The molecule has 0 radical (unpaired) electrons. The second-order valence-electron chi connectivity index (χ2n) is 4.03. The van der Waals surface area contributed by atoms with Gasteiger partial charge in [0.1, 0.15) is 11.6 Å². The highest BCUT2D eigenvalue weighted by Crippen LogP contribution is 2.17. The lowest BCUT2D eigenvalue weighted by Gasteiger charge is -2.06. The highest BCUT2D eigenvalue weighted by Gasteiger charge is 2.05. The fourth-order valence-electron chi connectivity index (χ4n) is 1.72. The van der Waals surface area contributed by atoms with Gasteiger partial charge in [-0.1, -0.05) is 0 Å². The summed E-state index contributed by atoms with van der Waals surface area (Å²) in [5, 5.41) is 4.40. The van der Waals surface area contributed by atoms with Gasteiger partial charge in [0.2, 0.25) is 0 Å². The van der Waals surface area contributed by atoms with Gasteiger partial charge < -0.3 is 5.32 Å². The first-order valence-electron chi connectivity index (χ1n) is 5.53. The quantitative estimate of drug-likeness (QED) is 0.907. The SMILES string of the molecule is Cc1cc(NCc2nc(C)sc2C)nc(C)n1. The standard InChI is InChI=1S/C12H16N4S/c1-7-5-12(15-9(3)14-7)13-6-11-8(2)17-10(4)16-11/h5H,6H2,1-4H3,(H,13,14,15). The van der Waals surface area contributed by atoms with Gasteiger partial charge in [-0.15, -0.1) is 11.3 Å². The van der Waals surface area contributed by atoms with Crippen LogP contribution in [0.2, 0.25) is 0 Å². The Bertz CT molecular complexity index is 513. The van der Waals surface area contributed by atoms with Gasteiger partial charge in [-0.3, -0.25) is 0 Å². The summed E-state index contributed by atoms with van der Waals surface area (Å²) in [6.45, 7) is 8.71. The molecule has 2 aromatic heterocycles. The summed E-state index contributed by atoms with van der Waals surface area (Å²) in [6.07, 6.45) is 0. The number of aromatic nitrogens is 3. The Morgan fingerprint density at radius 2 is 1.88 bits per heavy atom. The van der Waals surface area contributed by atoms with E-state index in [9.17, 15) is 0 Å². The molecule has 0 aliphatic heterocycles. The lowest BCUT2D eigenvalue weighted by atomic mass is 10.3. The molecule has 0 aliphatic rings. The van der Waals surface area contributed by atoms with Crippen LogP contribution in [-0.2, 0) is 6.54 Å². The highest BCUT2D eigenvalue weighted by molar-refractivity contribution is 7.11. The van der Waals surface area contributed by atoms with E-state index in [4.69, 9.17) is 0 Å². The van der Waals surface area contributed by atoms with Crippen molar-refractivity contribution in [3.05, 3.63) is 33.2 Å². The average Bonchev–Trinajstić information content (AvgIpc) is 2.53. The Morgan fingerprint density at radius 3 is 2.47 bits per heavy atom. The van der Waals surface area contributed by atoms with Crippen LogP contribution in [0.25, 0.3) is 0 Å². The smallest absolute Gasteiger partial charge is 0.130 e. The third-order valence-corrected chi connectivity index (χ3v) is 3.33. The molecule has 0 bridgehead atoms. The predicted molar refractivity (Wildman–Crippen MR) is 70.4 cm³/mol. The van der Waals surface area contributed by atoms with Crippen molar-refractivity contribution in [2.75, 3.05) is 5.32 Å². The Labute approximate surface area is 105 Å². The van der Waals surface area contributed by atoms with Crippen LogP contribution in [0.15, 0.2) is 6.07 Å². The topological polar surface area (TPSA) is 50.7 Å². The summed E-state index contributed by atoms with van der Waals surface area (Å²) in [7, 11) is 0. The minimum Gasteiger partial charge on any atom is -0.364 e. The molecule has 2 rings (SSSR count). The van der Waals surface area contributed by atoms with Crippen molar-refractivity contribution in [2.45, 2.75) is 34.2 Å². The Kier molecular flexibility index (Phi) is 3.38. The minimum absolute atomic E-state index is 0.714. The van der Waals surface area contributed by atoms with E-state index in [0.29, 0.717) is 6.54 Å². The van der Waals surface area contributed by atoms with Gasteiger partial charge in [0, 0.05) is 16.6 Å². The van der Waals surface area contributed by atoms with E-state index in [1.807, 2.05) is 26.8 Å². The molecule has 0 unspecified atom stereocenters. The molecule has 1 N–H and O–H groups in total. The van der Waals surface area contributed by atoms with E-state index < -0.39 is 0 Å². The number of hydrogen-bond acceptors (Lipinski definition) is 5. The predicted octanol–water partition coefficient (Wildman–Crippen LogP) is 2.78. The van der Waals surface area contributed by atoms with E-state index >= 15 is 0 Å². The zero-order chi connectivity index (χ0) is 12.4. The van der Waals surface area contributed by atoms with Crippen molar-refractivity contribution in [3.63, 3.8) is 0 Å². The fourth-order valence-corrected chi connectivity index (χ4v) is 2.55. The van der Waals surface area contributed by atoms with Gasteiger partial charge in [0.15, 0.2) is 0 Å². The largest absolute Gasteiger partial charge is 0.364 e. The van der Waals surface area contributed by atoms with Crippen molar-refractivity contribution in [2.24, 2.45) is 0 Å². The summed E-state index contributed by atoms with van der Waals surface area (Å²) in [6, 6.07) is 1.95. The number of aryl methyl sites for hydroxylation is 4. The second-order valence-corrected chi connectivity index (χ2v) is 5.44. The van der Waals surface area contributed by atoms with Crippen molar-refractivity contribution in [3.8, 4) is 0 Å². The van der Waals surface area contributed by atoms with E-state index in [-0.39, 0.29) is 0 Å². The van der Waals surface area contributed by atoms with Crippen molar-refractivity contribution >= 4 is 17.2 Å². The molecule has 0 aliphatic carbocycles. The van der Waals surface area contributed by atoms with Crippen LogP contribution in [0.4, 0.5) is 5.82 Å². The number of rotatable bonds is 3. The molecule has 4 nitrogen and oxygen atoms in total. The van der Waals surface area contributed by atoms with Gasteiger partial charge in [-0.05, 0) is 27.7 Å². The molecular weight excluding hydrogens is 232 g/mol. The number of thiazole rings is 1. The average molecular weight is 248 g/mol. The third-order valence-electron chi connectivity index (χ3n) is 2.40. The van der Waals surface area contributed by atoms with Gasteiger partial charge in [-0.25, -0.2) is 15.0 Å². The first-order chi connectivity index (χ1) is 8.04. The molecule has 0 amide bonds. The molecule has 5 heteroatoms.